The quantitative estimate of drug-likeness (QED) is 0.101. The van der Waals surface area contributed by atoms with Crippen molar-refractivity contribution in [1.82, 2.24) is 0 Å². The predicted octanol–water partition coefficient (Wildman–Crippen LogP) is 25.3. The van der Waals surface area contributed by atoms with Gasteiger partial charge in [-0.3, -0.25) is 0 Å². The van der Waals surface area contributed by atoms with Crippen molar-refractivity contribution in [2.75, 3.05) is 19.6 Å². The zero-order valence-corrected chi connectivity index (χ0v) is 50.7. The molecule has 426 valence electrons. The van der Waals surface area contributed by atoms with E-state index in [0.717, 1.165) is 79.4 Å². The number of nitrogens with zero attached hydrogens (tertiary/aromatic N) is 4. The van der Waals surface area contributed by atoms with E-state index in [1.807, 2.05) is 22.7 Å². The van der Waals surface area contributed by atoms with Gasteiger partial charge in [-0.2, -0.15) is 0 Å². The zero-order valence-electron chi connectivity index (χ0n) is 49.1. The third kappa shape index (κ3) is 10.3. The van der Waals surface area contributed by atoms with E-state index in [0.29, 0.717) is 0 Å². The van der Waals surface area contributed by atoms with Crippen molar-refractivity contribution >= 4 is 131 Å². The Morgan fingerprint density at radius 3 is 0.644 bits per heavy atom. The number of hydrogen-bond acceptors (Lipinski definition) is 6. The summed E-state index contributed by atoms with van der Waals surface area (Å²) in [4.78, 5) is 9.34. The lowest BCUT2D eigenvalue weighted by molar-refractivity contribution is 1.25. The molecule has 0 aliphatic heterocycles. The van der Waals surface area contributed by atoms with Crippen LogP contribution in [-0.4, -0.2) is 0 Å². The highest BCUT2D eigenvalue weighted by Gasteiger charge is 2.21. The van der Waals surface area contributed by atoms with Gasteiger partial charge in [0.05, 0.1) is 0 Å². The highest BCUT2D eigenvalue weighted by Crippen LogP contribution is 2.46. The van der Waals surface area contributed by atoms with Crippen molar-refractivity contribution in [2.24, 2.45) is 0 Å². The normalized spacial score (nSPS) is 11.3. The summed E-state index contributed by atoms with van der Waals surface area (Å²) in [6.07, 6.45) is 0. The Morgan fingerprint density at radius 1 is 0.156 bits per heavy atom. The van der Waals surface area contributed by atoms with Crippen LogP contribution in [0.25, 0.3) is 73.7 Å². The van der Waals surface area contributed by atoms with Crippen LogP contribution in [0.15, 0.2) is 352 Å². The third-order valence-corrected chi connectivity index (χ3v) is 19.5. The fourth-order valence-corrected chi connectivity index (χ4v) is 15.2. The Kier molecular flexibility index (Phi) is 14.3. The first kappa shape index (κ1) is 54.1. The molecule has 0 unspecified atom stereocenters. The second kappa shape index (κ2) is 23.8. The summed E-state index contributed by atoms with van der Waals surface area (Å²) in [6, 6.07) is 127. The van der Waals surface area contributed by atoms with Crippen molar-refractivity contribution in [3.05, 3.63) is 352 Å². The molecule has 0 saturated carbocycles. The van der Waals surface area contributed by atoms with Gasteiger partial charge in [-0.05, 0) is 191 Å². The summed E-state index contributed by atoms with van der Waals surface area (Å²) in [6.45, 7) is 0. The van der Waals surface area contributed by atoms with Crippen molar-refractivity contribution in [1.29, 1.82) is 0 Å². The number of fused-ring (bicyclic) bond motifs is 6. The average Bonchev–Trinajstić information content (AvgIpc) is 2.62. The maximum Gasteiger partial charge on any atom is 0.0463 e. The number of thiophene rings is 2. The average molecular weight is 1190 g/mol. The van der Waals surface area contributed by atoms with Crippen LogP contribution in [0.1, 0.15) is 0 Å². The highest BCUT2D eigenvalue weighted by molar-refractivity contribution is 7.26. The molecule has 0 aliphatic carbocycles. The first-order valence-corrected chi connectivity index (χ1v) is 32.1. The van der Waals surface area contributed by atoms with E-state index >= 15 is 0 Å². The lowest BCUT2D eigenvalue weighted by Gasteiger charge is -2.29. The van der Waals surface area contributed by atoms with Crippen LogP contribution in [-0.2, 0) is 0 Å². The largest absolute Gasteiger partial charge is 0.311 e. The van der Waals surface area contributed by atoms with Crippen LogP contribution in [0.4, 0.5) is 68.2 Å². The molecule has 0 bridgehead atoms. The van der Waals surface area contributed by atoms with Gasteiger partial charge < -0.3 is 19.6 Å². The van der Waals surface area contributed by atoms with E-state index in [2.05, 4.69) is 371 Å². The second-order valence-electron chi connectivity index (χ2n) is 22.5. The van der Waals surface area contributed by atoms with E-state index in [1.54, 1.807) is 0 Å². The first-order valence-electron chi connectivity index (χ1n) is 30.5. The van der Waals surface area contributed by atoms with Crippen molar-refractivity contribution < 1.29 is 0 Å². The van der Waals surface area contributed by atoms with Gasteiger partial charge in [0.2, 0.25) is 0 Å². The van der Waals surface area contributed by atoms with Gasteiger partial charge in [-0.1, -0.05) is 194 Å². The van der Waals surface area contributed by atoms with E-state index in [-0.39, 0.29) is 0 Å². The van der Waals surface area contributed by atoms with Crippen LogP contribution in [0.5, 0.6) is 0 Å². The van der Waals surface area contributed by atoms with Crippen molar-refractivity contribution in [3.8, 4) is 33.4 Å². The molecule has 0 saturated heterocycles. The highest BCUT2D eigenvalue weighted by atomic mass is 32.1. The monoisotopic (exact) mass is 1190 g/mol. The van der Waals surface area contributed by atoms with E-state index in [1.165, 1.54) is 62.6 Å². The maximum absolute atomic E-state index is 2.34. The fraction of sp³-hybridized carbons (Fsp3) is 0. The molecule has 0 amide bonds. The van der Waals surface area contributed by atoms with E-state index in [4.69, 9.17) is 0 Å². The van der Waals surface area contributed by atoms with Crippen LogP contribution in [0.2, 0.25) is 0 Å². The number of benzene rings is 14. The molecule has 6 heteroatoms. The SMILES string of the molecule is c1ccc(N(c2ccc(-c3ccc(N(c4ccccc4)c4ccc(N(c5ccccc5)c5ccc(-c6cccc7c6sc6ccccc67)cc5)cc4)cc3)cc2)c2ccc(N(c3ccccc3)c3ccc(-c4cccc5c4sc4ccccc45)cc3)cc2)cc1. The van der Waals surface area contributed by atoms with Gasteiger partial charge in [-0.25, -0.2) is 0 Å². The molecule has 0 atom stereocenters. The van der Waals surface area contributed by atoms with Crippen molar-refractivity contribution in [2.45, 2.75) is 0 Å². The summed E-state index contributed by atoms with van der Waals surface area (Å²) in [5, 5.41) is 5.24. The molecule has 16 rings (SSSR count). The molecule has 2 aromatic heterocycles. The number of para-hydroxylation sites is 4. The lowest BCUT2D eigenvalue weighted by Crippen LogP contribution is -2.12. The summed E-state index contributed by atoms with van der Waals surface area (Å²) in [7, 11) is 0. The minimum Gasteiger partial charge on any atom is -0.311 e. The maximum atomic E-state index is 2.34. The van der Waals surface area contributed by atoms with Gasteiger partial charge >= 0.3 is 0 Å². The standard InChI is InChI=1S/C84H58N4S2/c1-5-19-63(20-6-1)85(71-51-55-73(56-52-71)87(65-23-9-3-10-24-65)69-47-39-61(40-48-69)75-29-17-31-79-77-27-13-15-33-81(77)89-83(75)79)67-43-35-59(36-44-67)60-37-45-68(46-38-60)86(64-21-7-2-8-22-64)72-53-57-74(58-54-72)88(66-25-11-4-12-26-66)70-49-41-62(42-50-70)76-30-18-32-80-78-28-14-16-34-82(78)90-84(76)80/h1-58H. The molecule has 0 aliphatic rings. The molecule has 14 aromatic carbocycles. The topological polar surface area (TPSA) is 13.0 Å². The molecule has 0 spiro atoms. The fourth-order valence-electron chi connectivity index (χ4n) is 12.7. The van der Waals surface area contributed by atoms with Gasteiger partial charge in [0.25, 0.3) is 0 Å². The summed E-state index contributed by atoms with van der Waals surface area (Å²) >= 11 is 3.74. The minimum absolute atomic E-state index is 1.06. The Bertz CT molecular complexity index is 4800. The smallest absolute Gasteiger partial charge is 0.0463 e. The molecule has 4 nitrogen and oxygen atoms in total. The van der Waals surface area contributed by atoms with E-state index in [9.17, 15) is 0 Å². The van der Waals surface area contributed by atoms with Gasteiger partial charge in [0.15, 0.2) is 0 Å². The van der Waals surface area contributed by atoms with Crippen LogP contribution in [0, 0.1) is 0 Å². The molecular weight excluding hydrogens is 1130 g/mol. The van der Waals surface area contributed by atoms with Crippen molar-refractivity contribution in [3.63, 3.8) is 0 Å². The Morgan fingerprint density at radius 2 is 0.367 bits per heavy atom. The number of anilines is 12. The molecule has 16 aromatic rings. The molecule has 0 radical (unpaired) electrons. The van der Waals surface area contributed by atoms with Crippen LogP contribution < -0.4 is 19.6 Å². The molecule has 90 heavy (non-hydrogen) atoms. The molecule has 2 heterocycles. The summed E-state index contributed by atoms with van der Waals surface area (Å²) < 4.78 is 5.27. The Labute approximate surface area is 532 Å². The molecule has 0 fully saturated rings. The Hall–Kier alpha value is -11.3. The van der Waals surface area contributed by atoms with Gasteiger partial charge in [0.1, 0.15) is 0 Å². The minimum atomic E-state index is 1.06. The predicted molar refractivity (Wildman–Crippen MR) is 387 cm³/mol. The van der Waals surface area contributed by atoms with Gasteiger partial charge in [0, 0.05) is 109 Å². The second-order valence-corrected chi connectivity index (χ2v) is 24.6. The van der Waals surface area contributed by atoms with Crippen LogP contribution >= 0.6 is 22.7 Å². The molecular formula is C84H58N4S2. The zero-order chi connectivity index (χ0) is 59.7. The Balaban J connectivity index is 0.666. The first-order chi connectivity index (χ1) is 44.6. The third-order valence-electron chi connectivity index (χ3n) is 17.1. The van der Waals surface area contributed by atoms with E-state index < -0.39 is 0 Å². The summed E-state index contributed by atoms with van der Waals surface area (Å²) in [5.41, 5.74) is 20.2. The van der Waals surface area contributed by atoms with Crippen LogP contribution in [0.3, 0.4) is 0 Å². The number of hydrogen-bond donors (Lipinski definition) is 0. The number of rotatable bonds is 15. The summed E-state index contributed by atoms with van der Waals surface area (Å²) in [5.74, 6) is 0. The molecule has 0 N–H and O–H groups in total. The van der Waals surface area contributed by atoms with Gasteiger partial charge in [-0.15, -0.1) is 22.7 Å². The lowest BCUT2D eigenvalue weighted by atomic mass is 10.0.